The quantitative estimate of drug-likeness (QED) is 0.461. The summed E-state index contributed by atoms with van der Waals surface area (Å²) in [4.78, 5) is 45.0. The summed E-state index contributed by atoms with van der Waals surface area (Å²) >= 11 is 0. The number of carbonyl (C=O) groups excluding carboxylic acids is 3. The number of benzene rings is 3. The zero-order valence-corrected chi connectivity index (χ0v) is 23.3. The summed E-state index contributed by atoms with van der Waals surface area (Å²) in [5, 5.41) is 6.21. The maximum Gasteiger partial charge on any atom is 0.412 e. The molecule has 214 valence electrons. The molecule has 0 radical (unpaired) electrons. The van der Waals surface area contributed by atoms with Gasteiger partial charge in [-0.2, -0.15) is 0 Å². The topological polar surface area (TPSA) is 94.2 Å². The standard InChI is InChI=1S/C32H37N5O4/c38-30(22-25-8-3-1-4-9-25)36-20-18-35(19-21-36)29-13-12-27(31(39)37-16-7-14-33-15-17-37)23-28(29)34-32(40)41-24-26-10-5-2-6-11-26/h1-6,8-13,23,33H,7,14-22,24H2,(H,34,40). The molecule has 9 nitrogen and oxygen atoms in total. The number of nitrogens with one attached hydrogen (secondary N) is 2. The highest BCUT2D eigenvalue weighted by atomic mass is 16.5. The molecule has 3 amide bonds. The SMILES string of the molecule is O=C(Nc1cc(C(=O)N2CCCNCC2)ccc1N1CCN(C(=O)Cc2ccccc2)CC1)OCc1ccccc1. The lowest BCUT2D eigenvalue weighted by atomic mass is 10.1. The van der Waals surface area contributed by atoms with E-state index >= 15 is 0 Å². The zero-order valence-electron chi connectivity index (χ0n) is 23.3. The van der Waals surface area contributed by atoms with Gasteiger partial charge >= 0.3 is 6.09 Å². The van der Waals surface area contributed by atoms with Crippen LogP contribution in [0.3, 0.4) is 0 Å². The molecule has 2 fully saturated rings. The molecule has 0 aliphatic carbocycles. The van der Waals surface area contributed by atoms with Crippen molar-refractivity contribution >= 4 is 29.3 Å². The van der Waals surface area contributed by atoms with Gasteiger partial charge in [0.15, 0.2) is 0 Å². The summed E-state index contributed by atoms with van der Waals surface area (Å²) in [6.45, 7) is 5.49. The smallest absolute Gasteiger partial charge is 0.412 e. The second-order valence-corrected chi connectivity index (χ2v) is 10.3. The summed E-state index contributed by atoms with van der Waals surface area (Å²) in [6, 6.07) is 24.7. The van der Waals surface area contributed by atoms with Gasteiger partial charge in [-0.3, -0.25) is 14.9 Å². The molecule has 0 aromatic heterocycles. The average molecular weight is 556 g/mol. The van der Waals surface area contributed by atoms with E-state index in [1.807, 2.05) is 82.6 Å². The van der Waals surface area contributed by atoms with Crippen molar-refractivity contribution in [1.82, 2.24) is 15.1 Å². The maximum atomic E-state index is 13.4. The molecule has 5 rings (SSSR count). The molecule has 41 heavy (non-hydrogen) atoms. The van der Waals surface area contributed by atoms with E-state index in [2.05, 4.69) is 15.5 Å². The average Bonchev–Trinajstić information content (AvgIpc) is 3.31. The predicted octanol–water partition coefficient (Wildman–Crippen LogP) is 3.76. The molecule has 2 N–H and O–H groups in total. The fourth-order valence-electron chi connectivity index (χ4n) is 5.22. The lowest BCUT2D eigenvalue weighted by Crippen LogP contribution is -2.49. The predicted molar refractivity (Wildman–Crippen MR) is 159 cm³/mol. The van der Waals surface area contributed by atoms with Crippen molar-refractivity contribution < 1.29 is 19.1 Å². The number of rotatable bonds is 7. The van der Waals surface area contributed by atoms with Gasteiger partial charge in [-0.1, -0.05) is 60.7 Å². The Bertz CT molecular complexity index is 1320. The summed E-state index contributed by atoms with van der Waals surface area (Å²) < 4.78 is 5.49. The monoisotopic (exact) mass is 555 g/mol. The van der Waals surface area contributed by atoms with Crippen LogP contribution < -0.4 is 15.5 Å². The molecule has 2 aliphatic heterocycles. The fourth-order valence-corrected chi connectivity index (χ4v) is 5.22. The Hall–Kier alpha value is -4.37. The fraction of sp³-hybridized carbons (Fsp3) is 0.344. The Kier molecular flexibility index (Phi) is 9.49. The summed E-state index contributed by atoms with van der Waals surface area (Å²) in [5.41, 5.74) is 3.72. The van der Waals surface area contributed by atoms with Gasteiger partial charge in [0.2, 0.25) is 5.91 Å². The van der Waals surface area contributed by atoms with Gasteiger partial charge in [0.1, 0.15) is 6.61 Å². The van der Waals surface area contributed by atoms with Crippen LogP contribution in [0.5, 0.6) is 0 Å². The van der Waals surface area contributed by atoms with Crippen LogP contribution in [-0.4, -0.2) is 80.1 Å². The molecule has 2 aliphatic rings. The minimum absolute atomic E-state index is 0.0581. The van der Waals surface area contributed by atoms with E-state index in [1.165, 1.54) is 0 Å². The lowest BCUT2D eigenvalue weighted by Gasteiger charge is -2.37. The number of carbonyl (C=O) groups is 3. The number of nitrogens with zero attached hydrogens (tertiary/aromatic N) is 3. The Balaban J connectivity index is 1.29. The van der Waals surface area contributed by atoms with Crippen molar-refractivity contribution in [2.75, 3.05) is 62.6 Å². The van der Waals surface area contributed by atoms with Gasteiger partial charge in [-0.25, -0.2) is 4.79 Å². The van der Waals surface area contributed by atoms with Crippen molar-refractivity contribution in [3.63, 3.8) is 0 Å². The van der Waals surface area contributed by atoms with Gasteiger partial charge in [0, 0.05) is 51.4 Å². The molecule has 3 aromatic carbocycles. The van der Waals surface area contributed by atoms with E-state index < -0.39 is 6.09 Å². The highest BCUT2D eigenvalue weighted by Crippen LogP contribution is 2.29. The van der Waals surface area contributed by atoms with Crippen LogP contribution in [-0.2, 0) is 22.6 Å². The van der Waals surface area contributed by atoms with Gasteiger partial charge in [-0.15, -0.1) is 0 Å². The Labute approximate surface area is 241 Å². The van der Waals surface area contributed by atoms with Crippen LogP contribution in [0, 0.1) is 0 Å². The molecular weight excluding hydrogens is 518 g/mol. The third kappa shape index (κ3) is 7.64. The molecule has 0 spiro atoms. The molecule has 3 aromatic rings. The van der Waals surface area contributed by atoms with Crippen LogP contribution in [0.4, 0.5) is 16.2 Å². The first-order chi connectivity index (χ1) is 20.1. The molecule has 0 atom stereocenters. The first kappa shape index (κ1) is 28.2. The molecule has 0 saturated carbocycles. The highest BCUT2D eigenvalue weighted by molar-refractivity contribution is 5.98. The number of amides is 3. The number of piperazine rings is 1. The molecule has 0 bridgehead atoms. The Morgan fingerprint density at radius 3 is 2.20 bits per heavy atom. The minimum Gasteiger partial charge on any atom is -0.444 e. The maximum absolute atomic E-state index is 13.4. The Morgan fingerprint density at radius 1 is 0.756 bits per heavy atom. The summed E-state index contributed by atoms with van der Waals surface area (Å²) in [6.07, 6.45) is 0.688. The third-order valence-electron chi connectivity index (χ3n) is 7.49. The van der Waals surface area contributed by atoms with E-state index in [4.69, 9.17) is 4.74 Å². The minimum atomic E-state index is -0.588. The van der Waals surface area contributed by atoms with Crippen LogP contribution in [0.2, 0.25) is 0 Å². The summed E-state index contributed by atoms with van der Waals surface area (Å²) in [5.74, 6) is 0.0452. The van der Waals surface area contributed by atoms with E-state index in [1.54, 1.807) is 6.07 Å². The van der Waals surface area contributed by atoms with Crippen molar-refractivity contribution in [3.05, 3.63) is 95.6 Å². The first-order valence-corrected chi connectivity index (χ1v) is 14.3. The molecule has 9 heteroatoms. The zero-order chi connectivity index (χ0) is 28.4. The van der Waals surface area contributed by atoms with Crippen LogP contribution in [0.25, 0.3) is 0 Å². The van der Waals surface area contributed by atoms with Gasteiger partial charge < -0.3 is 24.8 Å². The van der Waals surface area contributed by atoms with Crippen molar-refractivity contribution in [1.29, 1.82) is 0 Å². The molecule has 2 heterocycles. The van der Waals surface area contributed by atoms with Gasteiger partial charge in [0.05, 0.1) is 17.8 Å². The second kappa shape index (κ2) is 13.8. The normalized spacial score (nSPS) is 15.7. The molecular formula is C32H37N5O4. The molecule has 0 unspecified atom stereocenters. The van der Waals surface area contributed by atoms with E-state index in [-0.39, 0.29) is 18.4 Å². The van der Waals surface area contributed by atoms with Crippen molar-refractivity contribution in [2.24, 2.45) is 0 Å². The van der Waals surface area contributed by atoms with E-state index in [0.29, 0.717) is 56.9 Å². The Morgan fingerprint density at radius 2 is 1.46 bits per heavy atom. The molecule has 2 saturated heterocycles. The van der Waals surface area contributed by atoms with Crippen molar-refractivity contribution in [2.45, 2.75) is 19.4 Å². The second-order valence-electron chi connectivity index (χ2n) is 10.3. The first-order valence-electron chi connectivity index (χ1n) is 14.3. The highest BCUT2D eigenvalue weighted by Gasteiger charge is 2.25. The van der Waals surface area contributed by atoms with Crippen LogP contribution in [0.15, 0.2) is 78.9 Å². The number of hydrogen-bond donors (Lipinski definition) is 2. The van der Waals surface area contributed by atoms with Crippen molar-refractivity contribution in [3.8, 4) is 0 Å². The van der Waals surface area contributed by atoms with Gasteiger partial charge in [0.25, 0.3) is 5.91 Å². The van der Waals surface area contributed by atoms with Gasteiger partial charge in [-0.05, 0) is 42.3 Å². The number of ether oxygens (including phenoxy) is 1. The lowest BCUT2D eigenvalue weighted by molar-refractivity contribution is -0.130. The van der Waals surface area contributed by atoms with E-state index in [9.17, 15) is 14.4 Å². The van der Waals surface area contributed by atoms with Crippen LogP contribution in [0.1, 0.15) is 27.9 Å². The van der Waals surface area contributed by atoms with Crippen LogP contribution >= 0.6 is 0 Å². The summed E-state index contributed by atoms with van der Waals surface area (Å²) in [7, 11) is 0. The number of anilines is 2. The third-order valence-corrected chi connectivity index (χ3v) is 7.49. The van der Waals surface area contributed by atoms with E-state index in [0.717, 1.165) is 36.3 Å². The largest absolute Gasteiger partial charge is 0.444 e. The number of hydrogen-bond acceptors (Lipinski definition) is 6.